The highest BCUT2D eigenvalue weighted by atomic mass is 32.1. The Bertz CT molecular complexity index is 950. The summed E-state index contributed by atoms with van der Waals surface area (Å²) in [7, 11) is 5.12. The first kappa shape index (κ1) is 18.5. The minimum absolute atomic E-state index is 0.0685. The summed E-state index contributed by atoms with van der Waals surface area (Å²) in [6, 6.07) is 3.94. The summed E-state index contributed by atoms with van der Waals surface area (Å²) in [4.78, 5) is 19.4. The van der Waals surface area contributed by atoms with E-state index >= 15 is 0 Å². The van der Waals surface area contributed by atoms with Crippen molar-refractivity contribution in [3.8, 4) is 11.5 Å². The molecule has 0 aliphatic carbocycles. The highest BCUT2D eigenvalue weighted by Crippen LogP contribution is 2.40. The number of nitrogens with zero attached hydrogens (tertiary/aromatic N) is 4. The topological polar surface area (TPSA) is 81.5 Å². The number of fused-ring (bicyclic) bond motifs is 1. The SMILES string of the molecule is COc1ccc(OC)c2sc(N3CCC(NC(=O)c4cnn(C)c4)CC3)nc12. The summed E-state index contributed by atoms with van der Waals surface area (Å²) in [5.41, 5.74) is 1.42. The molecule has 0 saturated carbocycles. The molecule has 9 heteroatoms. The van der Waals surface area contributed by atoms with Crippen molar-refractivity contribution in [3.05, 3.63) is 30.1 Å². The minimum atomic E-state index is -0.0685. The number of anilines is 1. The molecule has 2 aromatic heterocycles. The molecule has 1 aromatic carbocycles. The molecule has 4 rings (SSSR count). The molecule has 0 radical (unpaired) electrons. The van der Waals surface area contributed by atoms with Crippen LogP contribution in [-0.2, 0) is 7.05 Å². The number of hydrogen-bond donors (Lipinski definition) is 1. The number of hydrogen-bond acceptors (Lipinski definition) is 7. The number of amides is 1. The van der Waals surface area contributed by atoms with E-state index in [4.69, 9.17) is 14.5 Å². The van der Waals surface area contributed by atoms with Crippen LogP contribution in [0.2, 0.25) is 0 Å². The number of carbonyl (C=O) groups excluding carboxylic acids is 1. The third-order valence-corrected chi connectivity index (χ3v) is 6.10. The predicted molar refractivity (Wildman–Crippen MR) is 109 cm³/mol. The average Bonchev–Trinajstić information content (AvgIpc) is 3.34. The molecule has 0 unspecified atom stereocenters. The number of carbonyl (C=O) groups is 1. The van der Waals surface area contributed by atoms with Gasteiger partial charge in [0.25, 0.3) is 5.91 Å². The van der Waals surface area contributed by atoms with Crippen LogP contribution in [0.4, 0.5) is 5.13 Å². The van der Waals surface area contributed by atoms with Crippen molar-refractivity contribution in [2.24, 2.45) is 7.05 Å². The van der Waals surface area contributed by atoms with E-state index in [0.717, 1.165) is 52.8 Å². The van der Waals surface area contributed by atoms with Crippen LogP contribution in [0.25, 0.3) is 10.2 Å². The van der Waals surface area contributed by atoms with E-state index in [2.05, 4.69) is 15.3 Å². The average molecular weight is 401 g/mol. The van der Waals surface area contributed by atoms with Crippen LogP contribution < -0.4 is 19.7 Å². The first-order valence-electron chi connectivity index (χ1n) is 9.15. The second-order valence-corrected chi connectivity index (χ2v) is 7.76. The maximum Gasteiger partial charge on any atom is 0.254 e. The smallest absolute Gasteiger partial charge is 0.254 e. The molecule has 0 spiro atoms. The van der Waals surface area contributed by atoms with Crippen molar-refractivity contribution >= 4 is 32.6 Å². The standard InChI is InChI=1S/C19H23N5O3S/c1-23-11-12(10-20-23)18(25)21-13-6-8-24(9-7-13)19-22-16-14(26-2)4-5-15(27-3)17(16)28-19/h4-5,10-11,13H,6-9H2,1-3H3,(H,21,25). The lowest BCUT2D eigenvalue weighted by Gasteiger charge is -2.32. The quantitative estimate of drug-likeness (QED) is 0.707. The molecule has 1 aliphatic heterocycles. The number of nitrogens with one attached hydrogen (secondary N) is 1. The second kappa shape index (κ2) is 7.67. The Morgan fingerprint density at radius 3 is 2.57 bits per heavy atom. The van der Waals surface area contributed by atoms with Crippen LogP contribution in [0.1, 0.15) is 23.2 Å². The first-order chi connectivity index (χ1) is 13.6. The van der Waals surface area contributed by atoms with Gasteiger partial charge in [0.15, 0.2) is 5.13 Å². The lowest BCUT2D eigenvalue weighted by Crippen LogP contribution is -2.44. The number of rotatable bonds is 5. The van der Waals surface area contributed by atoms with E-state index < -0.39 is 0 Å². The lowest BCUT2D eigenvalue weighted by molar-refractivity contribution is 0.0931. The van der Waals surface area contributed by atoms with E-state index in [1.807, 2.05) is 12.1 Å². The van der Waals surface area contributed by atoms with E-state index in [1.165, 1.54) is 0 Å². The van der Waals surface area contributed by atoms with Crippen molar-refractivity contribution in [1.82, 2.24) is 20.1 Å². The van der Waals surface area contributed by atoms with Gasteiger partial charge in [-0.05, 0) is 25.0 Å². The van der Waals surface area contributed by atoms with E-state index in [-0.39, 0.29) is 11.9 Å². The Kier molecular flexibility index (Phi) is 5.08. The highest BCUT2D eigenvalue weighted by Gasteiger charge is 2.24. The van der Waals surface area contributed by atoms with Crippen molar-refractivity contribution in [2.75, 3.05) is 32.2 Å². The normalized spacial score (nSPS) is 15.0. The summed E-state index contributed by atoms with van der Waals surface area (Å²) in [6.07, 6.45) is 5.06. The molecule has 1 saturated heterocycles. The Hall–Kier alpha value is -2.81. The number of ether oxygens (including phenoxy) is 2. The van der Waals surface area contributed by atoms with Gasteiger partial charge in [0, 0.05) is 32.4 Å². The molecule has 148 valence electrons. The fraction of sp³-hybridized carbons (Fsp3) is 0.421. The van der Waals surface area contributed by atoms with Crippen LogP contribution in [0.5, 0.6) is 11.5 Å². The zero-order valence-electron chi connectivity index (χ0n) is 16.1. The van der Waals surface area contributed by atoms with Crippen LogP contribution in [0.15, 0.2) is 24.5 Å². The zero-order chi connectivity index (χ0) is 19.7. The molecule has 28 heavy (non-hydrogen) atoms. The lowest BCUT2D eigenvalue weighted by atomic mass is 10.1. The van der Waals surface area contributed by atoms with Gasteiger partial charge in [0.05, 0.1) is 26.0 Å². The Morgan fingerprint density at radius 1 is 1.21 bits per heavy atom. The molecular formula is C19H23N5O3S. The molecular weight excluding hydrogens is 378 g/mol. The Labute approximate surface area is 167 Å². The van der Waals surface area contributed by atoms with Gasteiger partial charge >= 0.3 is 0 Å². The number of aryl methyl sites for hydroxylation is 1. The van der Waals surface area contributed by atoms with Gasteiger partial charge in [-0.25, -0.2) is 4.98 Å². The molecule has 1 fully saturated rings. The van der Waals surface area contributed by atoms with Crippen LogP contribution in [0, 0.1) is 0 Å². The molecule has 3 heterocycles. The summed E-state index contributed by atoms with van der Waals surface area (Å²) in [6.45, 7) is 1.67. The molecule has 8 nitrogen and oxygen atoms in total. The number of aromatic nitrogens is 3. The fourth-order valence-electron chi connectivity index (χ4n) is 3.43. The third kappa shape index (κ3) is 3.49. The van der Waals surface area contributed by atoms with Crippen molar-refractivity contribution in [3.63, 3.8) is 0 Å². The fourth-order valence-corrected chi connectivity index (χ4v) is 4.56. The number of methoxy groups -OCH3 is 2. The number of thiazole rings is 1. The van der Waals surface area contributed by atoms with Gasteiger partial charge in [-0.2, -0.15) is 5.10 Å². The van der Waals surface area contributed by atoms with Crippen LogP contribution in [-0.4, -0.2) is 54.0 Å². The predicted octanol–water partition coefficient (Wildman–Crippen LogP) is 2.45. The number of benzene rings is 1. The minimum Gasteiger partial charge on any atom is -0.495 e. The van der Waals surface area contributed by atoms with Crippen molar-refractivity contribution in [2.45, 2.75) is 18.9 Å². The molecule has 3 aromatic rings. The summed E-state index contributed by atoms with van der Waals surface area (Å²) < 4.78 is 13.5. The number of piperidine rings is 1. The van der Waals surface area contributed by atoms with Gasteiger partial charge in [-0.1, -0.05) is 11.3 Å². The highest BCUT2D eigenvalue weighted by molar-refractivity contribution is 7.22. The molecule has 0 bridgehead atoms. The molecule has 1 amide bonds. The van der Waals surface area contributed by atoms with Gasteiger partial charge in [-0.15, -0.1) is 0 Å². The molecule has 1 aliphatic rings. The third-order valence-electron chi connectivity index (χ3n) is 4.97. The van der Waals surface area contributed by atoms with Crippen LogP contribution >= 0.6 is 11.3 Å². The second-order valence-electron chi connectivity index (χ2n) is 6.78. The molecule has 1 N–H and O–H groups in total. The largest absolute Gasteiger partial charge is 0.495 e. The van der Waals surface area contributed by atoms with Gasteiger partial charge in [0.2, 0.25) is 0 Å². The zero-order valence-corrected chi connectivity index (χ0v) is 17.0. The van der Waals surface area contributed by atoms with Crippen molar-refractivity contribution in [1.29, 1.82) is 0 Å². The van der Waals surface area contributed by atoms with E-state index in [1.54, 1.807) is 49.7 Å². The van der Waals surface area contributed by atoms with Gasteiger partial charge in [0.1, 0.15) is 21.7 Å². The van der Waals surface area contributed by atoms with Crippen molar-refractivity contribution < 1.29 is 14.3 Å². The summed E-state index contributed by atoms with van der Waals surface area (Å²) in [5.74, 6) is 1.48. The molecule has 0 atom stereocenters. The Morgan fingerprint density at radius 2 is 1.93 bits per heavy atom. The van der Waals surface area contributed by atoms with Gasteiger partial charge < -0.3 is 19.7 Å². The maximum absolute atomic E-state index is 12.3. The van der Waals surface area contributed by atoms with Gasteiger partial charge in [-0.3, -0.25) is 9.48 Å². The Balaban J connectivity index is 1.44. The monoisotopic (exact) mass is 401 g/mol. The van der Waals surface area contributed by atoms with E-state index in [9.17, 15) is 4.79 Å². The summed E-state index contributed by atoms with van der Waals surface area (Å²) >= 11 is 1.61. The van der Waals surface area contributed by atoms with Crippen LogP contribution in [0.3, 0.4) is 0 Å². The van der Waals surface area contributed by atoms with E-state index in [0.29, 0.717) is 5.56 Å². The first-order valence-corrected chi connectivity index (χ1v) is 9.96. The summed E-state index contributed by atoms with van der Waals surface area (Å²) in [5, 5.41) is 8.11. The maximum atomic E-state index is 12.3.